The van der Waals surface area contributed by atoms with E-state index in [0.717, 1.165) is 17.0 Å². The highest BCUT2D eigenvalue weighted by Crippen LogP contribution is 2.34. The lowest BCUT2D eigenvalue weighted by Crippen LogP contribution is -2.23. The highest BCUT2D eigenvalue weighted by molar-refractivity contribution is 7.15. The summed E-state index contributed by atoms with van der Waals surface area (Å²) in [6.07, 6.45) is 3.41. The van der Waals surface area contributed by atoms with E-state index in [2.05, 4.69) is 10.1 Å². The Labute approximate surface area is 240 Å². The lowest BCUT2D eigenvalue weighted by atomic mass is 10.1. The van der Waals surface area contributed by atoms with Gasteiger partial charge in [0.1, 0.15) is 11.4 Å². The second-order valence-corrected chi connectivity index (χ2v) is 10.0. The van der Waals surface area contributed by atoms with Gasteiger partial charge in [0.25, 0.3) is 5.56 Å². The standard InChI is InChI=1S/C29H20N6O6S/c1-17(36)41-23-11-7-6-10-21(23)27-30-29-34(32-27)28(37)25(42-29)15-19-16-33(20-8-4-3-5-9-20)31-26(19)18-12-13-24(40-2)22(14-18)35(38)39/h3-16H,1-2H3/b25-15-. The number of nitro benzene ring substituents is 1. The van der Waals surface area contributed by atoms with Crippen molar-refractivity contribution in [2.75, 3.05) is 7.11 Å². The molecule has 0 spiro atoms. The summed E-state index contributed by atoms with van der Waals surface area (Å²) in [5.41, 5.74) is 2.08. The summed E-state index contributed by atoms with van der Waals surface area (Å²) >= 11 is 1.13. The molecule has 0 fully saturated rings. The van der Waals surface area contributed by atoms with Crippen molar-refractivity contribution in [2.45, 2.75) is 6.92 Å². The number of nitro groups is 1. The summed E-state index contributed by atoms with van der Waals surface area (Å²) in [7, 11) is 1.36. The van der Waals surface area contributed by atoms with Crippen LogP contribution >= 0.6 is 11.3 Å². The van der Waals surface area contributed by atoms with E-state index in [1.54, 1.807) is 47.3 Å². The first-order valence-electron chi connectivity index (χ1n) is 12.5. The normalized spacial score (nSPS) is 11.6. The zero-order valence-electron chi connectivity index (χ0n) is 22.1. The fourth-order valence-corrected chi connectivity index (χ4v) is 5.29. The molecule has 0 aliphatic heterocycles. The highest BCUT2D eigenvalue weighted by Gasteiger charge is 2.20. The first-order chi connectivity index (χ1) is 20.3. The Kier molecular flexibility index (Phi) is 6.76. The molecule has 0 saturated carbocycles. The average Bonchev–Trinajstić information content (AvgIpc) is 3.68. The van der Waals surface area contributed by atoms with Crippen LogP contribution in [0.25, 0.3) is 39.4 Å². The van der Waals surface area contributed by atoms with Gasteiger partial charge in [-0.2, -0.15) is 14.6 Å². The number of fused-ring (bicyclic) bond motifs is 1. The molecule has 3 heterocycles. The number of thiazole rings is 1. The predicted molar refractivity (Wildman–Crippen MR) is 155 cm³/mol. The summed E-state index contributed by atoms with van der Waals surface area (Å²) in [6, 6.07) is 20.7. The van der Waals surface area contributed by atoms with Crippen molar-refractivity contribution < 1.29 is 19.2 Å². The van der Waals surface area contributed by atoms with Gasteiger partial charge in [0.05, 0.1) is 27.8 Å². The lowest BCUT2D eigenvalue weighted by molar-refractivity contribution is -0.385. The molecule has 0 saturated heterocycles. The fraction of sp³-hybridized carbons (Fsp3) is 0.0690. The van der Waals surface area contributed by atoms with Gasteiger partial charge in [0.2, 0.25) is 4.96 Å². The van der Waals surface area contributed by atoms with E-state index < -0.39 is 16.5 Å². The van der Waals surface area contributed by atoms with E-state index in [9.17, 15) is 19.7 Å². The molecule has 0 aliphatic carbocycles. The van der Waals surface area contributed by atoms with Gasteiger partial charge >= 0.3 is 11.7 Å². The fourth-order valence-electron chi connectivity index (χ4n) is 4.39. The second-order valence-electron chi connectivity index (χ2n) is 8.99. The number of carbonyl (C=O) groups excluding carboxylic acids is 1. The molecule has 0 N–H and O–H groups in total. The summed E-state index contributed by atoms with van der Waals surface area (Å²) in [5.74, 6) is 0.160. The molecule has 0 aliphatic rings. The summed E-state index contributed by atoms with van der Waals surface area (Å²) in [6.45, 7) is 1.30. The minimum absolute atomic E-state index is 0.121. The van der Waals surface area contributed by atoms with E-state index in [1.165, 1.54) is 30.7 Å². The zero-order chi connectivity index (χ0) is 29.4. The van der Waals surface area contributed by atoms with Crippen molar-refractivity contribution in [3.05, 3.63) is 110 Å². The maximum Gasteiger partial charge on any atom is 0.311 e. The number of hydrogen-bond acceptors (Lipinski definition) is 10. The number of carbonyl (C=O) groups is 1. The van der Waals surface area contributed by atoms with Crippen LogP contribution in [-0.2, 0) is 4.79 Å². The summed E-state index contributed by atoms with van der Waals surface area (Å²) in [5, 5.41) is 20.8. The Hall–Kier alpha value is -5.69. The van der Waals surface area contributed by atoms with Gasteiger partial charge in [0.15, 0.2) is 11.6 Å². The van der Waals surface area contributed by atoms with Crippen molar-refractivity contribution in [2.24, 2.45) is 0 Å². The van der Waals surface area contributed by atoms with Crippen LogP contribution in [0.3, 0.4) is 0 Å². The van der Waals surface area contributed by atoms with Gasteiger partial charge < -0.3 is 9.47 Å². The monoisotopic (exact) mass is 580 g/mol. The third kappa shape index (κ3) is 4.88. The number of esters is 1. The molecule has 0 bridgehead atoms. The number of benzene rings is 3. The molecule has 0 radical (unpaired) electrons. The van der Waals surface area contributed by atoms with Crippen molar-refractivity contribution >= 4 is 34.0 Å². The molecular weight excluding hydrogens is 560 g/mol. The Morgan fingerprint density at radius 2 is 1.79 bits per heavy atom. The van der Waals surface area contributed by atoms with Gasteiger partial charge in [-0.25, -0.2) is 4.68 Å². The number of ether oxygens (including phenoxy) is 2. The molecular formula is C29H20N6O6S. The Balaban J connectivity index is 1.49. The second kappa shape index (κ2) is 10.7. The Morgan fingerprint density at radius 3 is 2.50 bits per heavy atom. The first kappa shape index (κ1) is 26.5. The van der Waals surface area contributed by atoms with Gasteiger partial charge in [-0.3, -0.25) is 19.7 Å². The van der Waals surface area contributed by atoms with Crippen LogP contribution < -0.4 is 19.6 Å². The van der Waals surface area contributed by atoms with E-state index in [-0.39, 0.29) is 23.0 Å². The quantitative estimate of drug-likeness (QED) is 0.118. The highest BCUT2D eigenvalue weighted by atomic mass is 32.1. The largest absolute Gasteiger partial charge is 0.490 e. The van der Waals surface area contributed by atoms with Gasteiger partial charge in [-0.1, -0.05) is 41.7 Å². The molecule has 0 atom stereocenters. The van der Waals surface area contributed by atoms with Crippen LogP contribution in [-0.4, -0.2) is 42.4 Å². The molecule has 13 heteroatoms. The smallest absolute Gasteiger partial charge is 0.311 e. The van der Waals surface area contributed by atoms with E-state index in [0.29, 0.717) is 31.9 Å². The topological polar surface area (TPSA) is 144 Å². The Morgan fingerprint density at radius 1 is 1.02 bits per heavy atom. The van der Waals surface area contributed by atoms with Crippen LogP contribution in [0.1, 0.15) is 12.5 Å². The molecule has 6 aromatic rings. The predicted octanol–water partition coefficient (Wildman–Crippen LogP) is 4.06. The molecule has 0 amide bonds. The molecule has 0 unspecified atom stereocenters. The van der Waals surface area contributed by atoms with Crippen molar-refractivity contribution in [1.82, 2.24) is 24.4 Å². The van der Waals surface area contributed by atoms with Gasteiger partial charge in [0, 0.05) is 30.3 Å². The maximum atomic E-state index is 13.4. The van der Waals surface area contributed by atoms with Crippen LogP contribution in [0.4, 0.5) is 5.69 Å². The number of nitrogens with zero attached hydrogens (tertiary/aromatic N) is 6. The molecule has 6 rings (SSSR count). The van der Waals surface area contributed by atoms with Gasteiger partial charge in [-0.15, -0.1) is 5.10 Å². The molecule has 3 aromatic heterocycles. The van der Waals surface area contributed by atoms with Crippen LogP contribution in [0, 0.1) is 10.1 Å². The minimum Gasteiger partial charge on any atom is -0.490 e. The van der Waals surface area contributed by atoms with E-state index >= 15 is 0 Å². The number of aromatic nitrogens is 5. The van der Waals surface area contributed by atoms with Crippen LogP contribution in [0.2, 0.25) is 0 Å². The zero-order valence-corrected chi connectivity index (χ0v) is 22.9. The number of methoxy groups -OCH3 is 1. The Bertz CT molecular complexity index is 2100. The van der Waals surface area contributed by atoms with Gasteiger partial charge in [-0.05, 0) is 42.5 Å². The number of rotatable bonds is 7. The van der Waals surface area contributed by atoms with Crippen molar-refractivity contribution in [3.63, 3.8) is 0 Å². The average molecular weight is 581 g/mol. The van der Waals surface area contributed by atoms with E-state index in [4.69, 9.17) is 14.6 Å². The molecule has 12 nitrogen and oxygen atoms in total. The molecule has 3 aromatic carbocycles. The minimum atomic E-state index is -0.521. The molecule has 42 heavy (non-hydrogen) atoms. The van der Waals surface area contributed by atoms with Crippen LogP contribution in [0.5, 0.6) is 11.5 Å². The van der Waals surface area contributed by atoms with Crippen LogP contribution in [0.15, 0.2) is 83.8 Å². The maximum absolute atomic E-state index is 13.4. The molecule has 208 valence electrons. The first-order valence-corrected chi connectivity index (χ1v) is 13.3. The SMILES string of the molecule is COc1ccc(-c2nn(-c3ccccc3)cc2/C=c2\sc3nc(-c4ccccc4OC(C)=O)nn3c2=O)cc1[N+](=O)[O-]. The number of para-hydroxylation sites is 2. The summed E-state index contributed by atoms with van der Waals surface area (Å²) in [4.78, 5) is 41.0. The number of hydrogen-bond donors (Lipinski definition) is 0. The van der Waals surface area contributed by atoms with Crippen molar-refractivity contribution in [3.8, 4) is 39.8 Å². The van der Waals surface area contributed by atoms with Crippen molar-refractivity contribution in [1.29, 1.82) is 0 Å². The third-order valence-corrected chi connectivity index (χ3v) is 7.22. The lowest BCUT2D eigenvalue weighted by Gasteiger charge is -2.04. The summed E-state index contributed by atoms with van der Waals surface area (Å²) < 4.78 is 13.6. The third-order valence-electron chi connectivity index (χ3n) is 6.26. The van der Waals surface area contributed by atoms with E-state index in [1.807, 2.05) is 30.3 Å².